The lowest BCUT2D eigenvalue weighted by atomic mass is 10.1. The van der Waals surface area contributed by atoms with Gasteiger partial charge in [0.2, 0.25) is 0 Å². The van der Waals surface area contributed by atoms with Crippen LogP contribution in [0.3, 0.4) is 0 Å². The summed E-state index contributed by atoms with van der Waals surface area (Å²) in [6, 6.07) is 12.2. The van der Waals surface area contributed by atoms with Crippen molar-refractivity contribution in [2.24, 2.45) is 9.98 Å². The number of hydrogen-bond donors (Lipinski definition) is 2. The Hall–Kier alpha value is -3.82. The van der Waals surface area contributed by atoms with Gasteiger partial charge in [0, 0.05) is 13.6 Å². The first-order chi connectivity index (χ1) is 15.2. The number of aliphatic imine (C=N–C) groups is 2. The zero-order chi connectivity index (χ0) is 23.6. The molecule has 2 N–H and O–H groups in total. The molecule has 0 aliphatic rings. The maximum absolute atomic E-state index is 12.3. The minimum atomic E-state index is -4.73. The molecule has 2 rings (SSSR count). The Balaban J connectivity index is 2.10. The Morgan fingerprint density at radius 3 is 2.50 bits per heavy atom. The number of halogens is 3. The zero-order valence-electron chi connectivity index (χ0n) is 17.4. The van der Waals surface area contributed by atoms with Crippen molar-refractivity contribution in [2.45, 2.75) is 12.8 Å². The topological polar surface area (TPSA) is 92.5 Å². The molecule has 2 aromatic rings. The molecular weight excluding hydrogens is 427 g/mol. The normalized spacial score (nSPS) is 12.7. The van der Waals surface area contributed by atoms with Gasteiger partial charge in [-0.2, -0.15) is 0 Å². The van der Waals surface area contributed by atoms with E-state index in [0.717, 1.165) is 5.56 Å². The average Bonchev–Trinajstić information content (AvgIpc) is 2.75. The second kappa shape index (κ2) is 11.5. The van der Waals surface area contributed by atoms with Gasteiger partial charge in [-0.3, -0.25) is 10.3 Å². The molecule has 0 aliphatic heterocycles. The summed E-state index contributed by atoms with van der Waals surface area (Å²) in [7, 11) is 2.98. The quantitative estimate of drug-likeness (QED) is 0.489. The van der Waals surface area contributed by atoms with Crippen LogP contribution in [0.2, 0.25) is 0 Å². The Labute approximate surface area is 182 Å². The smallest absolute Gasteiger partial charge is 0.478 e. The Morgan fingerprint density at radius 2 is 1.91 bits per heavy atom. The molecule has 2 aromatic carbocycles. The van der Waals surface area contributed by atoms with Crippen LogP contribution in [0.25, 0.3) is 6.08 Å². The van der Waals surface area contributed by atoms with Crippen molar-refractivity contribution < 1.29 is 32.5 Å². The van der Waals surface area contributed by atoms with E-state index in [2.05, 4.69) is 20.0 Å². The lowest BCUT2D eigenvalue weighted by Crippen LogP contribution is -2.30. The molecule has 0 heterocycles. The number of rotatable bonds is 7. The third kappa shape index (κ3) is 8.50. The van der Waals surface area contributed by atoms with E-state index in [4.69, 9.17) is 9.84 Å². The number of nitrogens with zero attached hydrogens (tertiary/aromatic N) is 2. The van der Waals surface area contributed by atoms with Gasteiger partial charge in [0.15, 0.2) is 0 Å². The van der Waals surface area contributed by atoms with Crippen LogP contribution in [0, 0.1) is 0 Å². The van der Waals surface area contributed by atoms with E-state index < -0.39 is 12.3 Å². The Bertz CT molecular complexity index is 1000. The summed E-state index contributed by atoms with van der Waals surface area (Å²) in [6.45, 7) is 0.321. The lowest BCUT2D eigenvalue weighted by molar-refractivity contribution is -0.274. The first-order valence-corrected chi connectivity index (χ1v) is 9.38. The van der Waals surface area contributed by atoms with Crippen LogP contribution in [0.5, 0.6) is 5.75 Å². The van der Waals surface area contributed by atoms with Crippen LogP contribution < -0.4 is 10.1 Å². The number of alkyl halides is 3. The molecular formula is C22H22F3N3O4. The minimum absolute atomic E-state index is 0.157. The van der Waals surface area contributed by atoms with Crippen LogP contribution in [-0.4, -0.2) is 50.0 Å². The number of carboxylic acid groups (broad SMARTS) is 1. The van der Waals surface area contributed by atoms with Gasteiger partial charge in [-0.15, -0.1) is 13.2 Å². The first kappa shape index (κ1) is 24.4. The maximum atomic E-state index is 12.3. The van der Waals surface area contributed by atoms with Crippen LogP contribution in [0.15, 0.2) is 64.6 Å². The Kier molecular flexibility index (Phi) is 8.82. The summed E-state index contributed by atoms with van der Waals surface area (Å²) in [6.07, 6.45) is -0.941. The second-order valence-corrected chi connectivity index (χ2v) is 6.33. The molecule has 32 heavy (non-hydrogen) atoms. The van der Waals surface area contributed by atoms with Crippen molar-refractivity contribution in [2.75, 3.05) is 20.7 Å². The SMILES string of the molecule is CN=C(NC(/C=C/c1cccc(C(=O)O)c1)=NCCc1ccc(OC(F)(F)F)cc1)OC. The fourth-order valence-electron chi connectivity index (χ4n) is 2.56. The largest absolute Gasteiger partial charge is 0.573 e. The van der Waals surface area contributed by atoms with E-state index in [1.54, 1.807) is 24.3 Å². The highest BCUT2D eigenvalue weighted by molar-refractivity contribution is 6.05. The molecule has 0 aromatic heterocycles. The van der Waals surface area contributed by atoms with Gasteiger partial charge in [-0.25, -0.2) is 9.79 Å². The molecule has 0 spiro atoms. The zero-order valence-corrected chi connectivity index (χ0v) is 17.4. The minimum Gasteiger partial charge on any atom is -0.478 e. The Morgan fingerprint density at radius 1 is 1.19 bits per heavy atom. The van der Waals surface area contributed by atoms with E-state index in [1.165, 1.54) is 50.6 Å². The predicted molar refractivity (Wildman–Crippen MR) is 115 cm³/mol. The molecule has 0 unspecified atom stereocenters. The summed E-state index contributed by atoms with van der Waals surface area (Å²) in [5.41, 5.74) is 1.59. The van der Waals surface area contributed by atoms with E-state index >= 15 is 0 Å². The van der Waals surface area contributed by atoms with E-state index in [9.17, 15) is 18.0 Å². The third-order valence-corrected chi connectivity index (χ3v) is 4.04. The number of nitrogens with one attached hydrogen (secondary N) is 1. The highest BCUT2D eigenvalue weighted by atomic mass is 19.4. The van der Waals surface area contributed by atoms with Crippen molar-refractivity contribution in [3.63, 3.8) is 0 Å². The number of hydrogen-bond acceptors (Lipinski definition) is 5. The average molecular weight is 449 g/mol. The van der Waals surface area contributed by atoms with E-state index in [-0.39, 0.29) is 17.3 Å². The highest BCUT2D eigenvalue weighted by Gasteiger charge is 2.30. The standard InChI is InChI=1S/C22H22F3N3O4/c1-26-21(31-2)28-19(11-8-16-4-3-5-17(14-16)20(29)30)27-13-12-15-6-9-18(10-7-15)32-22(23,24)25/h3-11,14H,12-13H2,1-2H3,(H,29,30)(H,26,27,28)/b11-8+. The number of amidine groups is 2. The summed E-state index contributed by atoms with van der Waals surface area (Å²) in [5.74, 6) is -0.911. The monoisotopic (exact) mass is 449 g/mol. The first-order valence-electron chi connectivity index (χ1n) is 9.38. The van der Waals surface area contributed by atoms with Crippen LogP contribution >= 0.6 is 0 Å². The summed E-state index contributed by atoms with van der Waals surface area (Å²) < 4.78 is 45.7. The van der Waals surface area contributed by atoms with Crippen LogP contribution in [-0.2, 0) is 11.2 Å². The van der Waals surface area contributed by atoms with Gasteiger partial charge in [-0.05, 0) is 47.9 Å². The predicted octanol–water partition coefficient (Wildman–Crippen LogP) is 4.16. The molecule has 7 nitrogen and oxygen atoms in total. The summed E-state index contributed by atoms with van der Waals surface area (Å²) in [5, 5.41) is 12.0. The fourth-order valence-corrected chi connectivity index (χ4v) is 2.56. The van der Waals surface area contributed by atoms with Gasteiger partial charge in [-0.1, -0.05) is 30.3 Å². The van der Waals surface area contributed by atoms with E-state index in [1.807, 2.05) is 0 Å². The van der Waals surface area contributed by atoms with Gasteiger partial charge in [0.25, 0.3) is 6.02 Å². The van der Waals surface area contributed by atoms with Crippen LogP contribution in [0.1, 0.15) is 21.5 Å². The molecule has 0 saturated heterocycles. The van der Waals surface area contributed by atoms with E-state index in [0.29, 0.717) is 24.4 Å². The number of methoxy groups -OCH3 is 1. The van der Waals surface area contributed by atoms with Crippen molar-refractivity contribution in [3.8, 4) is 5.75 Å². The molecule has 0 atom stereocenters. The third-order valence-electron chi connectivity index (χ3n) is 4.04. The van der Waals surface area contributed by atoms with Crippen molar-refractivity contribution in [1.82, 2.24) is 5.32 Å². The molecule has 10 heteroatoms. The van der Waals surface area contributed by atoms with Crippen LogP contribution in [0.4, 0.5) is 13.2 Å². The van der Waals surface area contributed by atoms with Crippen molar-refractivity contribution >= 4 is 23.9 Å². The second-order valence-electron chi connectivity index (χ2n) is 6.33. The number of ether oxygens (including phenoxy) is 2. The number of carboxylic acids is 1. The number of aromatic carboxylic acids is 1. The molecule has 0 saturated carbocycles. The lowest BCUT2D eigenvalue weighted by Gasteiger charge is -2.09. The fraction of sp³-hybridized carbons (Fsp3) is 0.227. The van der Waals surface area contributed by atoms with Gasteiger partial charge in [0.1, 0.15) is 11.6 Å². The number of benzene rings is 2. The summed E-state index contributed by atoms with van der Waals surface area (Å²) in [4.78, 5) is 19.5. The molecule has 0 fully saturated rings. The molecule has 0 amide bonds. The summed E-state index contributed by atoms with van der Waals surface area (Å²) >= 11 is 0. The van der Waals surface area contributed by atoms with Gasteiger partial charge < -0.3 is 14.6 Å². The highest BCUT2D eigenvalue weighted by Crippen LogP contribution is 2.22. The molecule has 0 aliphatic carbocycles. The molecule has 0 radical (unpaired) electrons. The molecule has 170 valence electrons. The van der Waals surface area contributed by atoms with Crippen molar-refractivity contribution in [3.05, 3.63) is 71.3 Å². The maximum Gasteiger partial charge on any atom is 0.573 e. The molecule has 0 bridgehead atoms. The van der Waals surface area contributed by atoms with Gasteiger partial charge in [0.05, 0.1) is 12.7 Å². The number of carbonyl (C=O) groups is 1. The van der Waals surface area contributed by atoms with Gasteiger partial charge >= 0.3 is 12.3 Å². The van der Waals surface area contributed by atoms with Crippen molar-refractivity contribution in [1.29, 1.82) is 0 Å².